The number of ketones is 1. The number of rotatable bonds is 6. The zero-order chi connectivity index (χ0) is 12.9. The molecule has 1 rings (SSSR count). The Morgan fingerprint density at radius 1 is 1.47 bits per heavy atom. The van der Waals surface area contributed by atoms with Crippen molar-refractivity contribution in [1.82, 2.24) is 15.0 Å². The second-order valence-electron chi connectivity index (χ2n) is 3.55. The molecule has 0 fully saturated rings. The van der Waals surface area contributed by atoms with Crippen molar-refractivity contribution in [2.24, 2.45) is 5.73 Å². The Morgan fingerprint density at radius 2 is 2.18 bits per heavy atom. The molecule has 0 aliphatic heterocycles. The highest BCUT2D eigenvalue weighted by Gasteiger charge is 2.26. The van der Waals surface area contributed by atoms with Gasteiger partial charge in [0.2, 0.25) is 0 Å². The fraction of sp³-hybridized carbons (Fsp3) is 0.667. The molecular weight excluding hydrogens is 237 g/mol. The number of alkyl halides is 3. The van der Waals surface area contributed by atoms with E-state index in [4.69, 9.17) is 5.73 Å². The van der Waals surface area contributed by atoms with Gasteiger partial charge in [-0.25, -0.2) is 0 Å². The molecule has 96 valence electrons. The van der Waals surface area contributed by atoms with Crippen LogP contribution in [0, 0.1) is 0 Å². The van der Waals surface area contributed by atoms with E-state index in [0.29, 0.717) is 13.1 Å². The molecule has 0 saturated heterocycles. The monoisotopic (exact) mass is 250 g/mol. The van der Waals surface area contributed by atoms with E-state index in [-0.39, 0.29) is 18.5 Å². The summed E-state index contributed by atoms with van der Waals surface area (Å²) in [6, 6.07) is 0. The van der Waals surface area contributed by atoms with E-state index in [2.05, 4.69) is 10.3 Å². The molecule has 0 atom stereocenters. The first-order chi connectivity index (χ1) is 7.92. The van der Waals surface area contributed by atoms with Gasteiger partial charge < -0.3 is 5.73 Å². The molecule has 0 aliphatic rings. The van der Waals surface area contributed by atoms with Gasteiger partial charge in [0.15, 0.2) is 5.78 Å². The summed E-state index contributed by atoms with van der Waals surface area (Å²) in [5.74, 6) is -0.433. The Labute approximate surface area is 95.8 Å². The van der Waals surface area contributed by atoms with E-state index in [0.717, 1.165) is 0 Å². The molecule has 8 heteroatoms. The van der Waals surface area contributed by atoms with Crippen molar-refractivity contribution in [3.8, 4) is 0 Å². The van der Waals surface area contributed by atoms with Crippen LogP contribution in [-0.2, 0) is 6.54 Å². The lowest BCUT2D eigenvalue weighted by molar-refractivity contribution is -0.135. The van der Waals surface area contributed by atoms with Gasteiger partial charge in [0.1, 0.15) is 5.69 Å². The quantitative estimate of drug-likeness (QED) is 0.768. The van der Waals surface area contributed by atoms with Gasteiger partial charge in [-0.2, -0.15) is 13.2 Å². The van der Waals surface area contributed by atoms with Gasteiger partial charge >= 0.3 is 6.18 Å². The number of carbonyl (C=O) groups is 1. The highest BCUT2D eigenvalue weighted by Crippen LogP contribution is 2.22. The Kier molecular flexibility index (Phi) is 4.62. The van der Waals surface area contributed by atoms with Crippen LogP contribution in [0.3, 0.4) is 0 Å². The summed E-state index contributed by atoms with van der Waals surface area (Å²) in [4.78, 5) is 11.4. The molecular formula is C9H13F3N4O. The second-order valence-corrected chi connectivity index (χ2v) is 3.55. The Balaban J connectivity index is 2.41. The van der Waals surface area contributed by atoms with Crippen LogP contribution in [0.15, 0.2) is 6.20 Å². The van der Waals surface area contributed by atoms with Crippen LogP contribution >= 0.6 is 0 Å². The number of hydrogen-bond donors (Lipinski definition) is 1. The maximum atomic E-state index is 11.9. The molecule has 0 unspecified atom stereocenters. The average Bonchev–Trinajstić information content (AvgIpc) is 2.65. The van der Waals surface area contributed by atoms with Gasteiger partial charge in [0.05, 0.1) is 12.7 Å². The number of Topliss-reactive ketones (excluding diaryl/α,β-unsaturated/α-hetero) is 1. The van der Waals surface area contributed by atoms with Crippen LogP contribution in [0.2, 0.25) is 0 Å². The molecule has 2 N–H and O–H groups in total. The highest BCUT2D eigenvalue weighted by atomic mass is 19.4. The minimum atomic E-state index is -4.22. The maximum Gasteiger partial charge on any atom is 0.389 e. The van der Waals surface area contributed by atoms with E-state index in [1.165, 1.54) is 10.9 Å². The van der Waals surface area contributed by atoms with Crippen molar-refractivity contribution >= 4 is 5.78 Å². The molecule has 0 saturated carbocycles. The van der Waals surface area contributed by atoms with E-state index < -0.39 is 18.4 Å². The third-order valence-electron chi connectivity index (χ3n) is 2.05. The summed E-state index contributed by atoms with van der Waals surface area (Å²) in [5, 5.41) is 7.20. The van der Waals surface area contributed by atoms with Crippen molar-refractivity contribution in [3.63, 3.8) is 0 Å². The van der Waals surface area contributed by atoms with Gasteiger partial charge in [-0.05, 0) is 6.42 Å². The van der Waals surface area contributed by atoms with Crippen LogP contribution in [0.4, 0.5) is 13.2 Å². The smallest absolute Gasteiger partial charge is 0.329 e. The zero-order valence-electron chi connectivity index (χ0n) is 9.07. The Hall–Kier alpha value is -1.44. The molecule has 1 aromatic heterocycles. The maximum absolute atomic E-state index is 11.9. The van der Waals surface area contributed by atoms with E-state index in [1.54, 1.807) is 0 Å². The Morgan fingerprint density at radius 3 is 2.76 bits per heavy atom. The lowest BCUT2D eigenvalue weighted by Gasteiger charge is -2.03. The van der Waals surface area contributed by atoms with Crippen molar-refractivity contribution in [3.05, 3.63) is 11.9 Å². The fourth-order valence-electron chi connectivity index (χ4n) is 1.25. The summed E-state index contributed by atoms with van der Waals surface area (Å²) in [5.41, 5.74) is 5.36. The average molecular weight is 250 g/mol. The number of halogens is 3. The largest absolute Gasteiger partial charge is 0.389 e. The lowest BCUT2D eigenvalue weighted by atomic mass is 10.1. The number of nitrogens with two attached hydrogens (primary N) is 1. The highest BCUT2D eigenvalue weighted by molar-refractivity contribution is 5.93. The van der Waals surface area contributed by atoms with Crippen LogP contribution in [-0.4, -0.2) is 33.5 Å². The lowest BCUT2D eigenvalue weighted by Crippen LogP contribution is -2.10. The molecule has 1 aromatic rings. The summed E-state index contributed by atoms with van der Waals surface area (Å²) >= 11 is 0. The van der Waals surface area contributed by atoms with Gasteiger partial charge in [-0.1, -0.05) is 5.21 Å². The van der Waals surface area contributed by atoms with Crippen molar-refractivity contribution < 1.29 is 18.0 Å². The summed E-state index contributed by atoms with van der Waals surface area (Å²) in [6.07, 6.45) is -4.21. The number of aromatic nitrogens is 3. The second kappa shape index (κ2) is 5.76. The third kappa shape index (κ3) is 4.94. The van der Waals surface area contributed by atoms with Crippen molar-refractivity contribution in [1.29, 1.82) is 0 Å². The molecule has 0 radical (unpaired) electrons. The molecule has 0 aliphatic carbocycles. The van der Waals surface area contributed by atoms with Gasteiger partial charge in [0, 0.05) is 19.4 Å². The molecule has 0 bridgehead atoms. The molecule has 5 nitrogen and oxygen atoms in total. The predicted molar refractivity (Wildman–Crippen MR) is 53.3 cm³/mol. The van der Waals surface area contributed by atoms with Crippen LogP contribution in [0.1, 0.15) is 29.8 Å². The van der Waals surface area contributed by atoms with E-state index >= 15 is 0 Å². The van der Waals surface area contributed by atoms with E-state index in [9.17, 15) is 18.0 Å². The topological polar surface area (TPSA) is 73.8 Å². The number of carbonyl (C=O) groups excluding carboxylic acids is 1. The van der Waals surface area contributed by atoms with E-state index in [1.807, 2.05) is 0 Å². The summed E-state index contributed by atoms with van der Waals surface area (Å²) in [6.45, 7) is 0.772. The normalized spacial score (nSPS) is 11.8. The fourth-order valence-corrected chi connectivity index (χ4v) is 1.25. The molecule has 0 aromatic carbocycles. The number of nitrogens with zero attached hydrogens (tertiary/aromatic N) is 3. The predicted octanol–water partition coefficient (Wildman–Crippen LogP) is 1.15. The first-order valence-electron chi connectivity index (χ1n) is 5.12. The molecule has 0 amide bonds. The first-order valence-corrected chi connectivity index (χ1v) is 5.12. The van der Waals surface area contributed by atoms with Crippen LogP contribution in [0.5, 0.6) is 0 Å². The summed E-state index contributed by atoms with van der Waals surface area (Å²) in [7, 11) is 0. The minimum absolute atomic E-state index is 0.0839. The Bertz CT molecular complexity index is 375. The van der Waals surface area contributed by atoms with Crippen molar-refractivity contribution in [2.75, 3.05) is 6.54 Å². The SMILES string of the molecule is NCCn1cc(C(=O)CCCC(F)(F)F)nn1. The minimum Gasteiger partial charge on any atom is -0.329 e. The third-order valence-corrected chi connectivity index (χ3v) is 2.05. The first kappa shape index (κ1) is 13.6. The standard InChI is InChI=1S/C9H13F3N4O/c10-9(11,12)3-1-2-8(17)7-6-16(5-4-13)15-14-7/h6H,1-5,13H2. The van der Waals surface area contributed by atoms with Crippen LogP contribution in [0.25, 0.3) is 0 Å². The summed E-state index contributed by atoms with van der Waals surface area (Å²) < 4.78 is 37.0. The van der Waals surface area contributed by atoms with Gasteiger partial charge in [-0.15, -0.1) is 5.10 Å². The van der Waals surface area contributed by atoms with Gasteiger partial charge in [0.25, 0.3) is 0 Å². The number of hydrogen-bond acceptors (Lipinski definition) is 4. The van der Waals surface area contributed by atoms with Crippen molar-refractivity contribution in [2.45, 2.75) is 32.0 Å². The molecule has 0 spiro atoms. The van der Waals surface area contributed by atoms with Crippen LogP contribution < -0.4 is 5.73 Å². The molecule has 17 heavy (non-hydrogen) atoms. The zero-order valence-corrected chi connectivity index (χ0v) is 9.07. The molecule has 1 heterocycles. The van der Waals surface area contributed by atoms with Gasteiger partial charge in [-0.3, -0.25) is 9.48 Å².